The SMILES string of the molecule is O=C(NS(=O)(=O)Cl)Oc1ccc(Cl)cc1Cl. The zero-order chi connectivity index (χ0) is 12.3. The van der Waals surface area contributed by atoms with Crippen LogP contribution in [0.1, 0.15) is 0 Å². The minimum atomic E-state index is -4.19. The molecular formula is C7H4Cl3NO4S. The number of benzene rings is 1. The molecule has 0 aliphatic rings. The molecule has 0 atom stereocenters. The first-order valence-corrected chi connectivity index (χ1v) is 6.74. The van der Waals surface area contributed by atoms with Crippen LogP contribution in [0.25, 0.3) is 0 Å². The highest BCUT2D eigenvalue weighted by molar-refractivity contribution is 8.12. The quantitative estimate of drug-likeness (QED) is 0.852. The summed E-state index contributed by atoms with van der Waals surface area (Å²) in [7, 11) is 0.580. The molecule has 1 aromatic carbocycles. The Balaban J connectivity index is 2.78. The van der Waals surface area contributed by atoms with E-state index in [9.17, 15) is 13.2 Å². The third-order valence-electron chi connectivity index (χ3n) is 1.30. The first kappa shape index (κ1) is 13.4. The fraction of sp³-hybridized carbons (Fsp3) is 0. The molecular weight excluding hydrogens is 301 g/mol. The van der Waals surface area contributed by atoms with Crippen LogP contribution in [0.5, 0.6) is 5.75 Å². The van der Waals surface area contributed by atoms with Gasteiger partial charge in [-0.25, -0.2) is 9.52 Å². The Hall–Kier alpha value is -0.690. The molecule has 0 aliphatic heterocycles. The van der Waals surface area contributed by atoms with E-state index in [4.69, 9.17) is 33.9 Å². The Bertz CT molecular complexity index is 516. The van der Waals surface area contributed by atoms with E-state index in [0.29, 0.717) is 5.02 Å². The minimum absolute atomic E-state index is 0.0381. The normalized spacial score (nSPS) is 10.9. The third-order valence-corrected chi connectivity index (χ3v) is 2.47. The average molecular weight is 305 g/mol. The zero-order valence-electron chi connectivity index (χ0n) is 7.41. The largest absolute Gasteiger partial charge is 0.427 e. The molecule has 1 aromatic rings. The third kappa shape index (κ3) is 4.44. The second-order valence-corrected chi connectivity index (χ2v) is 5.65. The van der Waals surface area contributed by atoms with Crippen molar-refractivity contribution in [2.45, 2.75) is 0 Å². The van der Waals surface area contributed by atoms with Crippen molar-refractivity contribution < 1.29 is 17.9 Å². The van der Waals surface area contributed by atoms with Gasteiger partial charge in [-0.3, -0.25) is 0 Å². The Morgan fingerprint density at radius 3 is 2.44 bits per heavy atom. The second-order valence-electron chi connectivity index (χ2n) is 2.50. The summed E-state index contributed by atoms with van der Waals surface area (Å²) in [5.41, 5.74) is 0. The summed E-state index contributed by atoms with van der Waals surface area (Å²) < 4.78 is 26.9. The van der Waals surface area contributed by atoms with Gasteiger partial charge in [-0.1, -0.05) is 23.2 Å². The number of amides is 1. The van der Waals surface area contributed by atoms with Crippen LogP contribution < -0.4 is 9.46 Å². The predicted octanol–water partition coefficient (Wildman–Crippen LogP) is 2.57. The van der Waals surface area contributed by atoms with Crippen molar-refractivity contribution in [1.29, 1.82) is 0 Å². The van der Waals surface area contributed by atoms with Gasteiger partial charge < -0.3 is 4.74 Å². The molecule has 0 unspecified atom stereocenters. The predicted molar refractivity (Wildman–Crippen MR) is 60.4 cm³/mol. The Labute approximate surface area is 106 Å². The van der Waals surface area contributed by atoms with E-state index >= 15 is 0 Å². The van der Waals surface area contributed by atoms with Crippen LogP contribution in [0.2, 0.25) is 10.0 Å². The van der Waals surface area contributed by atoms with Gasteiger partial charge in [0, 0.05) is 15.7 Å². The zero-order valence-corrected chi connectivity index (χ0v) is 10.5. The molecule has 16 heavy (non-hydrogen) atoms. The fourth-order valence-electron chi connectivity index (χ4n) is 0.778. The first-order chi connectivity index (χ1) is 7.28. The van der Waals surface area contributed by atoms with Crippen molar-refractivity contribution in [2.75, 3.05) is 0 Å². The maximum absolute atomic E-state index is 11.0. The highest BCUT2D eigenvalue weighted by Crippen LogP contribution is 2.27. The number of halogens is 3. The molecule has 0 saturated carbocycles. The molecule has 0 spiro atoms. The summed E-state index contributed by atoms with van der Waals surface area (Å²) >= 11 is 11.3. The number of nitrogens with one attached hydrogen (secondary N) is 1. The maximum Gasteiger partial charge on any atom is 0.427 e. The first-order valence-electron chi connectivity index (χ1n) is 3.67. The van der Waals surface area contributed by atoms with E-state index < -0.39 is 15.3 Å². The lowest BCUT2D eigenvalue weighted by Crippen LogP contribution is -2.29. The molecule has 5 nitrogen and oxygen atoms in total. The Morgan fingerprint density at radius 1 is 1.31 bits per heavy atom. The maximum atomic E-state index is 11.0. The van der Waals surface area contributed by atoms with E-state index in [1.807, 2.05) is 0 Å². The molecule has 0 aliphatic carbocycles. The van der Waals surface area contributed by atoms with Crippen molar-refractivity contribution in [3.05, 3.63) is 28.2 Å². The summed E-state index contributed by atoms with van der Waals surface area (Å²) in [5.74, 6) is -0.0381. The molecule has 0 bridgehead atoms. The fourth-order valence-corrected chi connectivity index (χ4v) is 1.66. The lowest BCUT2D eigenvalue weighted by atomic mass is 10.3. The second kappa shape index (κ2) is 5.09. The summed E-state index contributed by atoms with van der Waals surface area (Å²) in [4.78, 5) is 11.0. The molecule has 9 heteroatoms. The van der Waals surface area contributed by atoms with Gasteiger partial charge in [-0.15, -0.1) is 0 Å². The van der Waals surface area contributed by atoms with E-state index in [1.165, 1.54) is 22.9 Å². The van der Waals surface area contributed by atoms with Gasteiger partial charge in [0.25, 0.3) is 0 Å². The van der Waals surface area contributed by atoms with Crippen molar-refractivity contribution in [1.82, 2.24) is 4.72 Å². The van der Waals surface area contributed by atoms with Crippen molar-refractivity contribution in [3.8, 4) is 5.75 Å². The molecule has 88 valence electrons. The van der Waals surface area contributed by atoms with Crippen LogP contribution in [0.15, 0.2) is 18.2 Å². The van der Waals surface area contributed by atoms with E-state index in [1.54, 1.807) is 0 Å². The number of hydrogen-bond acceptors (Lipinski definition) is 4. The molecule has 1 N–H and O–H groups in total. The van der Waals surface area contributed by atoms with Gasteiger partial charge in [0.15, 0.2) is 5.75 Å². The highest BCUT2D eigenvalue weighted by Gasteiger charge is 2.14. The number of rotatable bonds is 2. The number of carbonyl (C=O) groups excluding carboxylic acids is 1. The van der Waals surface area contributed by atoms with Crippen molar-refractivity contribution in [2.24, 2.45) is 0 Å². The topological polar surface area (TPSA) is 72.5 Å². The highest BCUT2D eigenvalue weighted by atomic mass is 35.7. The van der Waals surface area contributed by atoms with Gasteiger partial charge in [0.1, 0.15) is 0 Å². The Kier molecular flexibility index (Phi) is 4.26. The molecule has 0 fully saturated rings. The minimum Gasteiger partial charge on any atom is -0.408 e. The van der Waals surface area contributed by atoms with E-state index in [-0.39, 0.29) is 10.8 Å². The summed E-state index contributed by atoms with van der Waals surface area (Å²) in [6.07, 6.45) is -1.26. The van der Waals surface area contributed by atoms with Crippen LogP contribution in [-0.4, -0.2) is 14.5 Å². The monoisotopic (exact) mass is 303 g/mol. The van der Waals surface area contributed by atoms with Crippen LogP contribution >= 0.6 is 33.9 Å². The van der Waals surface area contributed by atoms with Crippen molar-refractivity contribution in [3.63, 3.8) is 0 Å². The smallest absolute Gasteiger partial charge is 0.408 e. The van der Waals surface area contributed by atoms with Gasteiger partial charge in [-0.2, -0.15) is 8.42 Å². The van der Waals surface area contributed by atoms with Gasteiger partial charge in [-0.05, 0) is 18.2 Å². The molecule has 0 saturated heterocycles. The van der Waals surface area contributed by atoms with Gasteiger partial charge in [0.2, 0.25) is 0 Å². The molecule has 1 rings (SSSR count). The summed E-state index contributed by atoms with van der Waals surface area (Å²) in [6, 6.07) is 4.07. The van der Waals surface area contributed by atoms with Crippen molar-refractivity contribution >= 4 is 49.2 Å². The summed E-state index contributed by atoms with van der Waals surface area (Å²) in [5, 5.41) is 0.414. The van der Waals surface area contributed by atoms with Crippen LogP contribution in [-0.2, 0) is 9.24 Å². The lowest BCUT2D eigenvalue weighted by molar-refractivity contribution is 0.207. The number of ether oxygens (including phenoxy) is 1. The van der Waals surface area contributed by atoms with Crippen LogP contribution in [0.4, 0.5) is 4.79 Å². The van der Waals surface area contributed by atoms with Crippen LogP contribution in [0.3, 0.4) is 0 Å². The molecule has 1 amide bonds. The lowest BCUT2D eigenvalue weighted by Gasteiger charge is -2.05. The molecule has 0 aromatic heterocycles. The van der Waals surface area contributed by atoms with Gasteiger partial charge >= 0.3 is 15.3 Å². The van der Waals surface area contributed by atoms with Crippen LogP contribution in [0, 0.1) is 0 Å². The number of hydrogen-bond donors (Lipinski definition) is 1. The number of carbonyl (C=O) groups is 1. The molecule has 0 heterocycles. The molecule has 0 radical (unpaired) electrons. The van der Waals surface area contributed by atoms with E-state index in [2.05, 4.69) is 4.74 Å². The Morgan fingerprint density at radius 2 is 1.94 bits per heavy atom. The van der Waals surface area contributed by atoms with Gasteiger partial charge in [0.05, 0.1) is 5.02 Å². The summed E-state index contributed by atoms with van der Waals surface area (Å²) in [6.45, 7) is 0. The van der Waals surface area contributed by atoms with E-state index in [0.717, 1.165) is 0 Å². The standard InChI is InChI=1S/C7H4Cl3NO4S/c8-4-1-2-6(5(9)3-4)15-7(12)11-16(10,13)14/h1-3H,(H,11,12). The average Bonchev–Trinajstić information content (AvgIpc) is 2.06.